The minimum atomic E-state index is -0.288. The van der Waals surface area contributed by atoms with Crippen LogP contribution in [0.2, 0.25) is 0 Å². The second-order valence-electron chi connectivity index (χ2n) is 14.4. The minimum Gasteiger partial charge on any atom is -0.308 e. The number of rotatable bonds is 2. The van der Waals surface area contributed by atoms with E-state index in [0.717, 1.165) is 55.7 Å². The largest absolute Gasteiger partial charge is 0.308 e. The van der Waals surface area contributed by atoms with Gasteiger partial charge in [-0.2, -0.15) is 10.5 Å². The van der Waals surface area contributed by atoms with Crippen LogP contribution in [0.1, 0.15) is 61.1 Å². The summed E-state index contributed by atoms with van der Waals surface area (Å²) in [6, 6.07) is 51.7. The predicted molar refractivity (Wildman–Crippen MR) is 205 cm³/mol. The molecular weight excluding hydrogens is 609 g/mol. The second-order valence-corrected chi connectivity index (χ2v) is 14.4. The Morgan fingerprint density at radius 3 is 1.26 bits per heavy atom. The van der Waals surface area contributed by atoms with Gasteiger partial charge < -0.3 is 9.80 Å². The lowest BCUT2D eigenvalue weighted by Crippen LogP contribution is -2.32. The lowest BCUT2D eigenvalue weighted by Gasteiger charge is -2.44. The van der Waals surface area contributed by atoms with Crippen molar-refractivity contribution in [2.24, 2.45) is 0 Å². The molecule has 0 amide bonds. The van der Waals surface area contributed by atoms with Crippen molar-refractivity contribution >= 4 is 55.7 Å². The molecule has 50 heavy (non-hydrogen) atoms. The first-order chi connectivity index (χ1) is 24.3. The standard InChI is InChI=1S/C46H34N4/c1-45(2)35-17-9-11-19-39(35)49(43-33-15-7-5-13-29(33)21-23-37(43)45)41-26-42(32(28-48)25-31(41)27-47)50-40-20-12-10-18-36(40)46(3,4)38-24-22-30-14-6-8-16-34(30)44(38)50/h5-26H,1-4H3. The van der Waals surface area contributed by atoms with Crippen LogP contribution in [0.15, 0.2) is 133 Å². The normalized spacial score (nSPS) is 15.0. The molecule has 0 saturated carbocycles. The average molecular weight is 643 g/mol. The number of benzene rings is 7. The van der Waals surface area contributed by atoms with E-state index in [-0.39, 0.29) is 10.8 Å². The van der Waals surface area contributed by atoms with Crippen molar-refractivity contribution in [1.82, 2.24) is 0 Å². The summed E-state index contributed by atoms with van der Waals surface area (Å²) >= 11 is 0. The molecule has 0 bridgehead atoms. The Kier molecular flexibility index (Phi) is 6.29. The zero-order valence-corrected chi connectivity index (χ0v) is 28.5. The van der Waals surface area contributed by atoms with Crippen LogP contribution in [0.4, 0.5) is 34.1 Å². The molecule has 0 N–H and O–H groups in total. The van der Waals surface area contributed by atoms with Gasteiger partial charge in [0.15, 0.2) is 0 Å². The molecule has 238 valence electrons. The molecule has 0 unspecified atom stereocenters. The summed E-state index contributed by atoms with van der Waals surface area (Å²) < 4.78 is 0. The number of para-hydroxylation sites is 2. The molecule has 0 atom stereocenters. The number of hydrogen-bond acceptors (Lipinski definition) is 4. The Hall–Kier alpha value is -6.36. The van der Waals surface area contributed by atoms with Gasteiger partial charge in [-0.15, -0.1) is 0 Å². The molecule has 0 fully saturated rings. The van der Waals surface area contributed by atoms with Gasteiger partial charge in [-0.3, -0.25) is 0 Å². The monoisotopic (exact) mass is 642 g/mol. The van der Waals surface area contributed by atoms with Crippen LogP contribution in [-0.2, 0) is 10.8 Å². The van der Waals surface area contributed by atoms with Gasteiger partial charge in [-0.1, -0.05) is 137 Å². The fraction of sp³-hybridized carbons (Fsp3) is 0.130. The summed E-state index contributed by atoms with van der Waals surface area (Å²) in [5.41, 5.74) is 10.7. The zero-order chi connectivity index (χ0) is 34.4. The highest BCUT2D eigenvalue weighted by atomic mass is 15.2. The first-order valence-corrected chi connectivity index (χ1v) is 17.1. The van der Waals surface area contributed by atoms with E-state index in [1.165, 1.54) is 22.3 Å². The number of nitriles is 2. The zero-order valence-electron chi connectivity index (χ0n) is 28.5. The van der Waals surface area contributed by atoms with Crippen LogP contribution in [0.25, 0.3) is 21.5 Å². The van der Waals surface area contributed by atoms with Crippen LogP contribution >= 0.6 is 0 Å². The lowest BCUT2D eigenvalue weighted by atomic mass is 9.72. The Morgan fingerprint density at radius 2 is 0.820 bits per heavy atom. The van der Waals surface area contributed by atoms with Crippen molar-refractivity contribution in [3.05, 3.63) is 167 Å². The van der Waals surface area contributed by atoms with Crippen LogP contribution < -0.4 is 9.80 Å². The Labute approximate surface area is 292 Å². The maximum atomic E-state index is 10.8. The third-order valence-corrected chi connectivity index (χ3v) is 11.1. The van der Waals surface area contributed by atoms with Crippen molar-refractivity contribution in [3.8, 4) is 12.1 Å². The fourth-order valence-corrected chi connectivity index (χ4v) is 8.55. The number of hydrogen-bond donors (Lipinski definition) is 0. The van der Waals surface area contributed by atoms with Gasteiger partial charge in [0.2, 0.25) is 0 Å². The summed E-state index contributed by atoms with van der Waals surface area (Å²) in [4.78, 5) is 4.54. The highest BCUT2D eigenvalue weighted by Crippen LogP contribution is 2.58. The van der Waals surface area contributed by atoms with Crippen molar-refractivity contribution in [1.29, 1.82) is 10.5 Å². The van der Waals surface area contributed by atoms with Gasteiger partial charge in [0.1, 0.15) is 12.1 Å². The maximum absolute atomic E-state index is 10.8. The number of anilines is 6. The van der Waals surface area contributed by atoms with E-state index in [1.807, 2.05) is 0 Å². The minimum absolute atomic E-state index is 0.288. The fourth-order valence-electron chi connectivity index (χ4n) is 8.55. The first kappa shape index (κ1) is 29.8. The van der Waals surface area contributed by atoms with Crippen molar-refractivity contribution in [2.45, 2.75) is 38.5 Å². The molecule has 0 aliphatic carbocycles. The average Bonchev–Trinajstić information content (AvgIpc) is 3.15. The van der Waals surface area contributed by atoms with Crippen molar-refractivity contribution in [2.75, 3.05) is 9.80 Å². The van der Waals surface area contributed by atoms with E-state index in [9.17, 15) is 10.5 Å². The van der Waals surface area contributed by atoms with Crippen LogP contribution in [-0.4, -0.2) is 0 Å². The highest BCUT2D eigenvalue weighted by Gasteiger charge is 2.41. The molecule has 2 aliphatic heterocycles. The number of nitrogens with zero attached hydrogens (tertiary/aromatic N) is 4. The molecule has 0 saturated heterocycles. The Bertz CT molecular complexity index is 2470. The second kappa shape index (κ2) is 10.6. The van der Waals surface area contributed by atoms with E-state index in [4.69, 9.17) is 0 Å². The molecular formula is C46H34N4. The lowest BCUT2D eigenvalue weighted by molar-refractivity contribution is 0.633. The molecule has 7 aromatic rings. The predicted octanol–water partition coefficient (Wildman–Crippen LogP) is 12.0. The van der Waals surface area contributed by atoms with Crippen molar-refractivity contribution in [3.63, 3.8) is 0 Å². The summed E-state index contributed by atoms with van der Waals surface area (Å²) in [5, 5.41) is 26.1. The SMILES string of the molecule is CC1(C)c2ccccc2N(c2cc(N3c4ccccc4C(C)(C)c4ccc5ccccc5c43)c(C#N)cc2C#N)c2c1ccc1ccccc21. The van der Waals surface area contributed by atoms with Gasteiger partial charge in [-0.25, -0.2) is 0 Å². The molecule has 7 aromatic carbocycles. The molecule has 0 spiro atoms. The summed E-state index contributed by atoms with van der Waals surface area (Å²) in [7, 11) is 0. The third kappa shape index (κ3) is 3.97. The molecule has 0 radical (unpaired) electrons. The van der Waals surface area contributed by atoms with E-state index in [2.05, 4.69) is 177 Å². The van der Waals surface area contributed by atoms with E-state index < -0.39 is 0 Å². The van der Waals surface area contributed by atoms with Gasteiger partial charge in [0.05, 0.1) is 45.3 Å². The summed E-state index contributed by atoms with van der Waals surface area (Å²) in [6.07, 6.45) is 0. The molecule has 4 heteroatoms. The third-order valence-electron chi connectivity index (χ3n) is 11.1. The van der Waals surface area contributed by atoms with E-state index >= 15 is 0 Å². The smallest absolute Gasteiger partial charge is 0.101 e. The van der Waals surface area contributed by atoms with E-state index in [1.54, 1.807) is 6.07 Å². The van der Waals surface area contributed by atoms with Gasteiger partial charge in [0, 0.05) is 21.6 Å². The van der Waals surface area contributed by atoms with Crippen LogP contribution in [0.5, 0.6) is 0 Å². The molecule has 9 rings (SSSR count). The van der Waals surface area contributed by atoms with Crippen molar-refractivity contribution < 1.29 is 0 Å². The van der Waals surface area contributed by atoms with Crippen LogP contribution in [0, 0.1) is 22.7 Å². The molecule has 0 aromatic heterocycles. The Balaban J connectivity index is 1.41. The quantitative estimate of drug-likeness (QED) is 0.188. The van der Waals surface area contributed by atoms with Gasteiger partial charge in [-0.05, 0) is 57.3 Å². The summed E-state index contributed by atoms with van der Waals surface area (Å²) in [5.74, 6) is 0. The Morgan fingerprint density at radius 1 is 0.420 bits per heavy atom. The maximum Gasteiger partial charge on any atom is 0.101 e. The van der Waals surface area contributed by atoms with E-state index in [0.29, 0.717) is 11.1 Å². The van der Waals surface area contributed by atoms with Crippen LogP contribution in [0.3, 0.4) is 0 Å². The number of fused-ring (bicyclic) bond motifs is 8. The molecule has 2 aliphatic rings. The molecule has 2 heterocycles. The van der Waals surface area contributed by atoms with Gasteiger partial charge in [0.25, 0.3) is 0 Å². The van der Waals surface area contributed by atoms with Gasteiger partial charge >= 0.3 is 0 Å². The summed E-state index contributed by atoms with van der Waals surface area (Å²) in [6.45, 7) is 9.11. The highest BCUT2D eigenvalue weighted by molar-refractivity contribution is 6.07. The molecule has 4 nitrogen and oxygen atoms in total. The first-order valence-electron chi connectivity index (χ1n) is 17.1. The topological polar surface area (TPSA) is 54.1 Å².